The van der Waals surface area contributed by atoms with Crippen LogP contribution in [-0.4, -0.2) is 24.9 Å². The summed E-state index contributed by atoms with van der Waals surface area (Å²) in [5, 5.41) is 14.6. The molecule has 4 aromatic rings. The third kappa shape index (κ3) is 4.53. The molecule has 1 atom stereocenters. The van der Waals surface area contributed by atoms with Gasteiger partial charge in [0.2, 0.25) is 5.89 Å². The first kappa shape index (κ1) is 20.9. The molecule has 1 unspecified atom stereocenters. The van der Waals surface area contributed by atoms with Crippen LogP contribution >= 0.6 is 35.0 Å². The minimum absolute atomic E-state index is 0.0786. The highest BCUT2D eigenvalue weighted by molar-refractivity contribution is 7.99. The lowest BCUT2D eigenvalue weighted by molar-refractivity contribution is 0.375. The quantitative estimate of drug-likeness (QED) is 0.311. The summed E-state index contributed by atoms with van der Waals surface area (Å²) in [6.45, 7) is 4.60. The molecule has 0 aliphatic rings. The normalized spacial score (nSPS) is 12.3. The Kier molecular flexibility index (Phi) is 6.41. The predicted molar refractivity (Wildman–Crippen MR) is 119 cm³/mol. The zero-order chi connectivity index (χ0) is 21.1. The average Bonchev–Trinajstić information content (AvgIpc) is 3.37. The molecule has 0 amide bonds. The molecule has 30 heavy (non-hydrogen) atoms. The van der Waals surface area contributed by atoms with Crippen molar-refractivity contribution in [2.24, 2.45) is 0 Å². The summed E-state index contributed by atoms with van der Waals surface area (Å²) in [7, 11) is 0. The van der Waals surface area contributed by atoms with Crippen LogP contribution in [0.4, 0.5) is 0 Å². The molecule has 0 spiro atoms. The first-order chi connectivity index (χ1) is 14.5. The van der Waals surface area contributed by atoms with Gasteiger partial charge in [0.1, 0.15) is 0 Å². The molecule has 2 aromatic carbocycles. The first-order valence-electron chi connectivity index (χ1n) is 9.46. The molecule has 0 N–H and O–H groups in total. The van der Waals surface area contributed by atoms with Crippen LogP contribution in [0, 0.1) is 0 Å². The molecular formula is C21H19Cl2N5OS. The highest BCUT2D eigenvalue weighted by atomic mass is 35.5. The van der Waals surface area contributed by atoms with E-state index in [0.717, 1.165) is 22.7 Å². The number of hydrogen-bond acceptors (Lipinski definition) is 6. The molecule has 0 saturated carbocycles. The summed E-state index contributed by atoms with van der Waals surface area (Å²) < 4.78 is 7.44. The number of rotatable bonds is 7. The molecule has 154 valence electrons. The maximum Gasteiger partial charge on any atom is 0.239 e. The summed E-state index contributed by atoms with van der Waals surface area (Å²) in [6.07, 6.45) is 0.726. The minimum atomic E-state index is -0.0786. The van der Waals surface area contributed by atoms with Gasteiger partial charge in [-0.05, 0) is 30.7 Å². The molecule has 2 aromatic heterocycles. The standard InChI is InChI=1S/C21H19Cl2N5OS/c1-3-18-24-20(29-27-18)13(2)30-21-26-25-19(16-10-9-15(22)11-17(16)23)28(21)12-14-7-5-4-6-8-14/h4-11,13H,3,12H2,1-2H3. The molecule has 0 aliphatic carbocycles. The lowest BCUT2D eigenvalue weighted by Crippen LogP contribution is -2.05. The summed E-state index contributed by atoms with van der Waals surface area (Å²) in [4.78, 5) is 4.44. The zero-order valence-electron chi connectivity index (χ0n) is 16.4. The predicted octanol–water partition coefficient (Wildman–Crippen LogP) is 6.10. The Balaban J connectivity index is 1.71. The number of aromatic nitrogens is 5. The van der Waals surface area contributed by atoms with Crippen molar-refractivity contribution in [2.45, 2.75) is 37.2 Å². The average molecular weight is 460 g/mol. The van der Waals surface area contributed by atoms with Gasteiger partial charge in [0.15, 0.2) is 16.8 Å². The van der Waals surface area contributed by atoms with Crippen molar-refractivity contribution in [1.29, 1.82) is 0 Å². The van der Waals surface area contributed by atoms with Crippen molar-refractivity contribution in [3.8, 4) is 11.4 Å². The smallest absolute Gasteiger partial charge is 0.239 e. The van der Waals surface area contributed by atoms with Gasteiger partial charge in [-0.2, -0.15) is 4.98 Å². The van der Waals surface area contributed by atoms with Gasteiger partial charge in [0.25, 0.3) is 0 Å². The summed E-state index contributed by atoms with van der Waals surface area (Å²) in [5.74, 6) is 1.93. The van der Waals surface area contributed by atoms with E-state index in [1.165, 1.54) is 11.8 Å². The number of benzene rings is 2. The Bertz CT molecular complexity index is 1150. The minimum Gasteiger partial charge on any atom is -0.338 e. The number of hydrogen-bond donors (Lipinski definition) is 0. The summed E-state index contributed by atoms with van der Waals surface area (Å²) in [5.41, 5.74) is 1.90. The Labute approximate surface area is 188 Å². The molecule has 9 heteroatoms. The number of halogens is 2. The van der Waals surface area contributed by atoms with E-state index in [2.05, 4.69) is 32.5 Å². The van der Waals surface area contributed by atoms with Crippen LogP contribution in [-0.2, 0) is 13.0 Å². The van der Waals surface area contributed by atoms with Gasteiger partial charge in [-0.1, -0.05) is 77.4 Å². The SMILES string of the molecule is CCc1noc(C(C)Sc2nnc(-c3ccc(Cl)cc3Cl)n2Cc2ccccc2)n1. The van der Waals surface area contributed by atoms with Crippen LogP contribution in [0.2, 0.25) is 10.0 Å². The molecule has 0 bridgehead atoms. The molecule has 6 nitrogen and oxygen atoms in total. The van der Waals surface area contributed by atoms with Crippen molar-refractivity contribution in [1.82, 2.24) is 24.9 Å². The van der Waals surface area contributed by atoms with E-state index in [0.29, 0.717) is 34.1 Å². The fourth-order valence-corrected chi connectivity index (χ4v) is 4.31. The fourth-order valence-electron chi connectivity index (χ4n) is 2.94. The van der Waals surface area contributed by atoms with Crippen LogP contribution in [0.15, 0.2) is 58.2 Å². The number of thioether (sulfide) groups is 1. The Hall–Kier alpha value is -2.35. The van der Waals surface area contributed by atoms with Gasteiger partial charge in [0, 0.05) is 17.0 Å². The third-order valence-corrected chi connectivity index (χ3v) is 6.12. The second-order valence-electron chi connectivity index (χ2n) is 6.66. The van der Waals surface area contributed by atoms with Crippen molar-refractivity contribution in [3.63, 3.8) is 0 Å². The van der Waals surface area contributed by atoms with E-state index in [-0.39, 0.29) is 5.25 Å². The fraction of sp³-hybridized carbons (Fsp3) is 0.238. The van der Waals surface area contributed by atoms with Crippen molar-refractivity contribution >= 4 is 35.0 Å². The lowest BCUT2D eigenvalue weighted by Gasteiger charge is -2.13. The van der Waals surface area contributed by atoms with E-state index in [4.69, 9.17) is 27.7 Å². The van der Waals surface area contributed by atoms with E-state index < -0.39 is 0 Å². The van der Waals surface area contributed by atoms with Crippen LogP contribution in [0.25, 0.3) is 11.4 Å². The Morgan fingerprint density at radius 1 is 1.10 bits per heavy atom. The van der Waals surface area contributed by atoms with E-state index in [9.17, 15) is 0 Å². The van der Waals surface area contributed by atoms with Crippen LogP contribution < -0.4 is 0 Å². The van der Waals surface area contributed by atoms with Gasteiger partial charge in [0.05, 0.1) is 16.8 Å². The van der Waals surface area contributed by atoms with Crippen LogP contribution in [0.3, 0.4) is 0 Å². The Morgan fingerprint density at radius 3 is 2.60 bits per heavy atom. The van der Waals surface area contributed by atoms with Gasteiger partial charge < -0.3 is 4.52 Å². The first-order valence-corrected chi connectivity index (χ1v) is 11.1. The summed E-state index contributed by atoms with van der Waals surface area (Å²) >= 11 is 14.1. The topological polar surface area (TPSA) is 69.6 Å². The highest BCUT2D eigenvalue weighted by Crippen LogP contribution is 2.37. The maximum absolute atomic E-state index is 6.46. The second-order valence-corrected chi connectivity index (χ2v) is 8.82. The molecule has 2 heterocycles. The lowest BCUT2D eigenvalue weighted by atomic mass is 10.2. The highest BCUT2D eigenvalue weighted by Gasteiger charge is 2.22. The Morgan fingerprint density at radius 2 is 1.90 bits per heavy atom. The second kappa shape index (κ2) is 9.20. The van der Waals surface area contributed by atoms with Crippen molar-refractivity contribution < 1.29 is 4.52 Å². The van der Waals surface area contributed by atoms with E-state index in [1.54, 1.807) is 12.1 Å². The molecule has 0 fully saturated rings. The van der Waals surface area contributed by atoms with Gasteiger partial charge in [-0.3, -0.25) is 4.57 Å². The van der Waals surface area contributed by atoms with Crippen LogP contribution in [0.5, 0.6) is 0 Å². The largest absolute Gasteiger partial charge is 0.338 e. The van der Waals surface area contributed by atoms with Gasteiger partial charge in [-0.15, -0.1) is 10.2 Å². The van der Waals surface area contributed by atoms with Gasteiger partial charge in [-0.25, -0.2) is 0 Å². The molecule has 0 aliphatic heterocycles. The zero-order valence-corrected chi connectivity index (χ0v) is 18.7. The van der Waals surface area contributed by atoms with Gasteiger partial charge >= 0.3 is 0 Å². The number of nitrogens with zero attached hydrogens (tertiary/aromatic N) is 5. The third-order valence-electron chi connectivity index (χ3n) is 4.50. The molecule has 0 radical (unpaired) electrons. The van der Waals surface area contributed by atoms with Crippen molar-refractivity contribution in [3.05, 3.63) is 75.9 Å². The summed E-state index contributed by atoms with van der Waals surface area (Å²) in [6, 6.07) is 15.5. The maximum atomic E-state index is 6.46. The number of aryl methyl sites for hydroxylation is 1. The monoisotopic (exact) mass is 459 g/mol. The van der Waals surface area contributed by atoms with E-state index >= 15 is 0 Å². The van der Waals surface area contributed by atoms with E-state index in [1.807, 2.05) is 42.7 Å². The molecule has 4 rings (SSSR count). The molecule has 0 saturated heterocycles. The molecular weight excluding hydrogens is 441 g/mol. The van der Waals surface area contributed by atoms with Crippen LogP contribution in [0.1, 0.15) is 36.4 Å². The van der Waals surface area contributed by atoms with Crippen molar-refractivity contribution in [2.75, 3.05) is 0 Å².